The largest absolute Gasteiger partial charge is 0.423 e. The number of esters is 1. The van der Waals surface area contributed by atoms with E-state index in [9.17, 15) is 4.79 Å². The van der Waals surface area contributed by atoms with Gasteiger partial charge in [-0.2, -0.15) is 0 Å². The molecule has 170 valence electrons. The lowest BCUT2D eigenvalue weighted by molar-refractivity contribution is -0.134. The molecule has 1 N–H and O–H groups in total. The molecule has 8 heteroatoms. The third kappa shape index (κ3) is 4.60. The number of nitrogens with one attached hydrogen (secondary N) is 1. The average molecular weight is 600 g/mol. The van der Waals surface area contributed by atoms with Crippen LogP contribution in [0, 0.1) is 0 Å². The van der Waals surface area contributed by atoms with Crippen molar-refractivity contribution < 1.29 is 9.53 Å². The van der Waals surface area contributed by atoms with Gasteiger partial charge in [-0.1, -0.05) is 39.7 Å². The molecule has 5 aromatic rings. The fourth-order valence-electron chi connectivity index (χ4n) is 4.03. The summed E-state index contributed by atoms with van der Waals surface area (Å²) in [5, 5.41) is 2.58. The summed E-state index contributed by atoms with van der Waals surface area (Å²) in [6, 6.07) is 17.2. The first-order chi connectivity index (χ1) is 16.5. The van der Waals surface area contributed by atoms with E-state index in [1.165, 1.54) is 0 Å². The van der Waals surface area contributed by atoms with Crippen molar-refractivity contribution in [3.05, 3.63) is 86.5 Å². The van der Waals surface area contributed by atoms with Crippen LogP contribution in [0.4, 0.5) is 0 Å². The highest BCUT2D eigenvalue weighted by Gasteiger charge is 2.18. The van der Waals surface area contributed by atoms with Crippen LogP contribution in [0.2, 0.25) is 5.02 Å². The van der Waals surface area contributed by atoms with Gasteiger partial charge in [0.25, 0.3) is 0 Å². The van der Waals surface area contributed by atoms with Crippen LogP contribution in [-0.2, 0) is 11.2 Å². The summed E-state index contributed by atoms with van der Waals surface area (Å²) in [5.74, 6) is 0.115. The van der Waals surface area contributed by atoms with Crippen LogP contribution < -0.4 is 4.74 Å². The van der Waals surface area contributed by atoms with Crippen molar-refractivity contribution in [2.75, 3.05) is 0 Å². The quantitative estimate of drug-likeness (QED) is 0.159. The van der Waals surface area contributed by atoms with E-state index in [1.807, 2.05) is 54.6 Å². The number of hydrogen-bond donors (Lipinski definition) is 1. The monoisotopic (exact) mass is 597 g/mol. The number of fused-ring (bicyclic) bond motifs is 2. The standard InChI is InChI=1S/C26H18Br2ClN3O2/c27-19-14-20(28)26(25-17(19)6-4-12-31-25)34-23(33)8-3-5-16-18-13-15(29)9-10-21(18)32-24(16)22-7-1-2-11-30-22/h1-2,4,6-7,9-14,32H,3,5,8H2. The Balaban J connectivity index is 1.37. The fraction of sp³-hybridized carbons (Fsp3) is 0.115. The lowest BCUT2D eigenvalue weighted by Crippen LogP contribution is -2.09. The van der Waals surface area contributed by atoms with E-state index in [0.717, 1.165) is 37.7 Å². The Morgan fingerprint density at radius 3 is 2.65 bits per heavy atom. The highest BCUT2D eigenvalue weighted by Crippen LogP contribution is 2.38. The summed E-state index contributed by atoms with van der Waals surface area (Å²) in [7, 11) is 0. The number of nitrogens with zero attached hydrogens (tertiary/aromatic N) is 2. The summed E-state index contributed by atoms with van der Waals surface area (Å²) >= 11 is 13.3. The number of benzene rings is 2. The zero-order valence-corrected chi connectivity index (χ0v) is 21.7. The number of hydrogen-bond acceptors (Lipinski definition) is 4. The molecule has 3 aromatic heterocycles. The van der Waals surface area contributed by atoms with Gasteiger partial charge in [0, 0.05) is 44.6 Å². The molecule has 0 radical (unpaired) electrons. The van der Waals surface area contributed by atoms with Gasteiger partial charge < -0.3 is 9.72 Å². The highest BCUT2D eigenvalue weighted by atomic mass is 79.9. The second-order valence-corrected chi connectivity index (χ2v) is 9.93. The number of pyridine rings is 2. The maximum Gasteiger partial charge on any atom is 0.311 e. The van der Waals surface area contributed by atoms with Crippen molar-refractivity contribution >= 4 is 71.2 Å². The van der Waals surface area contributed by atoms with Crippen molar-refractivity contribution in [3.8, 4) is 17.1 Å². The van der Waals surface area contributed by atoms with E-state index in [0.29, 0.717) is 33.6 Å². The first kappa shape index (κ1) is 23.0. The van der Waals surface area contributed by atoms with Gasteiger partial charge in [0.05, 0.1) is 15.9 Å². The molecule has 0 atom stereocenters. The Hall–Kier alpha value is -2.74. The van der Waals surface area contributed by atoms with Crippen LogP contribution in [0.5, 0.6) is 5.75 Å². The van der Waals surface area contributed by atoms with Crippen LogP contribution in [0.25, 0.3) is 33.2 Å². The summed E-state index contributed by atoms with van der Waals surface area (Å²) in [6.45, 7) is 0. The van der Waals surface area contributed by atoms with Gasteiger partial charge in [0.2, 0.25) is 0 Å². The summed E-state index contributed by atoms with van der Waals surface area (Å²) in [6.07, 6.45) is 4.98. The molecular formula is C26H18Br2ClN3O2. The number of rotatable bonds is 6. The van der Waals surface area contributed by atoms with Crippen molar-refractivity contribution in [3.63, 3.8) is 0 Å². The molecule has 0 saturated carbocycles. The molecule has 3 heterocycles. The van der Waals surface area contributed by atoms with Crippen LogP contribution in [-0.4, -0.2) is 20.9 Å². The minimum absolute atomic E-state index is 0.256. The molecular weight excluding hydrogens is 582 g/mol. The molecule has 0 aliphatic carbocycles. The Morgan fingerprint density at radius 1 is 0.971 bits per heavy atom. The minimum atomic E-state index is -0.313. The number of aromatic nitrogens is 3. The average Bonchev–Trinajstić information content (AvgIpc) is 3.20. The lowest BCUT2D eigenvalue weighted by atomic mass is 10.0. The molecule has 0 amide bonds. The topological polar surface area (TPSA) is 67.9 Å². The van der Waals surface area contributed by atoms with Crippen molar-refractivity contribution in [2.24, 2.45) is 0 Å². The van der Waals surface area contributed by atoms with E-state index < -0.39 is 0 Å². The van der Waals surface area contributed by atoms with Crippen LogP contribution in [0.3, 0.4) is 0 Å². The van der Waals surface area contributed by atoms with Crippen molar-refractivity contribution in [1.29, 1.82) is 0 Å². The Bertz CT molecular complexity index is 1520. The molecule has 34 heavy (non-hydrogen) atoms. The van der Waals surface area contributed by atoms with Gasteiger partial charge in [0.1, 0.15) is 5.52 Å². The van der Waals surface area contributed by atoms with Crippen LogP contribution in [0.1, 0.15) is 18.4 Å². The number of aromatic amines is 1. The third-order valence-electron chi connectivity index (χ3n) is 5.56. The van der Waals surface area contributed by atoms with Crippen LogP contribution >= 0.6 is 43.5 Å². The second-order valence-electron chi connectivity index (χ2n) is 7.78. The smallest absolute Gasteiger partial charge is 0.311 e. The van der Waals surface area contributed by atoms with Crippen molar-refractivity contribution in [1.82, 2.24) is 15.0 Å². The third-order valence-corrected chi connectivity index (χ3v) is 7.04. The Kier molecular flexibility index (Phi) is 6.68. The van der Waals surface area contributed by atoms with Crippen molar-refractivity contribution in [2.45, 2.75) is 19.3 Å². The predicted octanol–water partition coefficient (Wildman–Crippen LogP) is 7.88. The predicted molar refractivity (Wildman–Crippen MR) is 142 cm³/mol. The number of carbonyl (C=O) groups excluding carboxylic acids is 1. The maximum absolute atomic E-state index is 12.8. The minimum Gasteiger partial charge on any atom is -0.423 e. The molecule has 0 saturated heterocycles. The first-order valence-corrected chi connectivity index (χ1v) is 12.6. The molecule has 0 aliphatic rings. The molecule has 0 unspecified atom stereocenters. The Morgan fingerprint density at radius 2 is 1.82 bits per heavy atom. The van der Waals surface area contributed by atoms with E-state index in [-0.39, 0.29) is 12.4 Å². The van der Waals surface area contributed by atoms with E-state index in [4.69, 9.17) is 16.3 Å². The van der Waals surface area contributed by atoms with Gasteiger partial charge in [0.15, 0.2) is 5.75 Å². The lowest BCUT2D eigenvalue weighted by Gasteiger charge is -2.11. The Labute approximate surface area is 217 Å². The molecule has 2 aromatic carbocycles. The normalized spacial score (nSPS) is 11.3. The van der Waals surface area contributed by atoms with Gasteiger partial charge in [-0.15, -0.1) is 0 Å². The number of H-pyrrole nitrogens is 1. The summed E-state index contributed by atoms with van der Waals surface area (Å²) in [4.78, 5) is 25.1. The highest BCUT2D eigenvalue weighted by molar-refractivity contribution is 9.11. The SMILES string of the molecule is O=C(CCCc1c(-c2ccccn2)[nH]c2ccc(Cl)cc12)Oc1c(Br)cc(Br)c2cccnc12. The van der Waals surface area contributed by atoms with E-state index in [2.05, 4.69) is 46.8 Å². The van der Waals surface area contributed by atoms with E-state index in [1.54, 1.807) is 12.4 Å². The number of aryl methyl sites for hydroxylation is 1. The summed E-state index contributed by atoms with van der Waals surface area (Å²) in [5.41, 5.74) is 4.49. The van der Waals surface area contributed by atoms with Crippen LogP contribution in [0.15, 0.2) is 75.9 Å². The molecule has 0 aliphatic heterocycles. The molecule has 0 fully saturated rings. The first-order valence-electron chi connectivity index (χ1n) is 10.7. The molecule has 0 bridgehead atoms. The molecule has 5 rings (SSSR count). The number of carbonyl (C=O) groups is 1. The van der Waals surface area contributed by atoms with Gasteiger partial charge >= 0.3 is 5.97 Å². The van der Waals surface area contributed by atoms with Gasteiger partial charge in [-0.3, -0.25) is 14.8 Å². The number of halogens is 3. The zero-order chi connectivity index (χ0) is 23.7. The fourth-order valence-corrected chi connectivity index (χ4v) is 5.55. The van der Waals surface area contributed by atoms with E-state index >= 15 is 0 Å². The van der Waals surface area contributed by atoms with Gasteiger partial charge in [-0.05, 0) is 76.8 Å². The second kappa shape index (κ2) is 9.86. The summed E-state index contributed by atoms with van der Waals surface area (Å²) < 4.78 is 7.29. The zero-order valence-electron chi connectivity index (χ0n) is 17.8. The van der Waals surface area contributed by atoms with Gasteiger partial charge in [-0.25, -0.2) is 0 Å². The number of ether oxygens (including phenoxy) is 1. The maximum atomic E-state index is 12.8. The molecule has 5 nitrogen and oxygen atoms in total. The molecule has 0 spiro atoms.